The average molecular weight is 483 g/mol. The summed E-state index contributed by atoms with van der Waals surface area (Å²) in [5.74, 6) is -15.7. The Labute approximate surface area is 190 Å². The first kappa shape index (κ1) is 24.8. The van der Waals surface area contributed by atoms with Crippen molar-refractivity contribution in [1.82, 2.24) is 5.32 Å². The van der Waals surface area contributed by atoms with Crippen molar-refractivity contribution in [2.75, 3.05) is 5.01 Å². The Kier molecular flexibility index (Phi) is 6.99. The minimum absolute atomic E-state index is 0.170. The molecular formula is C22H18F5N3O4. The van der Waals surface area contributed by atoms with Crippen molar-refractivity contribution in [1.29, 1.82) is 0 Å². The maximum absolute atomic E-state index is 13.6. The number of amides is 2. The van der Waals surface area contributed by atoms with Gasteiger partial charge in [-0.25, -0.2) is 18.2 Å². The summed E-state index contributed by atoms with van der Waals surface area (Å²) in [4.78, 5) is 36.5. The number of carbonyl (C=O) groups excluding carboxylic acids is 3. The second-order valence-corrected chi connectivity index (χ2v) is 7.61. The normalized spacial score (nSPS) is 16.4. The van der Waals surface area contributed by atoms with Crippen molar-refractivity contribution < 1.29 is 41.1 Å². The van der Waals surface area contributed by atoms with Gasteiger partial charge in [-0.3, -0.25) is 14.4 Å². The Morgan fingerprint density at radius 1 is 1.03 bits per heavy atom. The summed E-state index contributed by atoms with van der Waals surface area (Å²) < 4.78 is 71.1. The van der Waals surface area contributed by atoms with Gasteiger partial charge in [0, 0.05) is 17.3 Å². The van der Waals surface area contributed by atoms with Gasteiger partial charge in [-0.2, -0.15) is 13.9 Å². The molecule has 12 heteroatoms. The molecule has 0 fully saturated rings. The van der Waals surface area contributed by atoms with E-state index in [0.29, 0.717) is 11.4 Å². The predicted octanol–water partition coefficient (Wildman–Crippen LogP) is 3.85. The van der Waals surface area contributed by atoms with Crippen molar-refractivity contribution >= 4 is 29.2 Å². The molecule has 2 atom stereocenters. The first-order valence-corrected chi connectivity index (χ1v) is 9.94. The zero-order chi connectivity index (χ0) is 25.3. The zero-order valence-corrected chi connectivity index (χ0v) is 18.1. The molecule has 0 bridgehead atoms. The lowest BCUT2D eigenvalue weighted by Crippen LogP contribution is -2.35. The molecule has 1 heterocycles. The van der Waals surface area contributed by atoms with Gasteiger partial charge in [0.05, 0.1) is 18.0 Å². The number of nitrogens with one attached hydrogen (secondary N) is 1. The van der Waals surface area contributed by atoms with Crippen LogP contribution < -0.4 is 15.1 Å². The minimum Gasteiger partial charge on any atom is -0.420 e. The SMILES string of the molecule is CC1=NN(c2ccc(C(=O)N[C@@H](C)CC(=O)Oc3c(F)c(F)c(F)c(F)c3F)cc2)C(=O)C1C. The Bertz CT molecular complexity index is 1170. The first-order chi connectivity index (χ1) is 15.9. The number of ether oxygens (including phenoxy) is 1. The molecule has 2 aromatic carbocycles. The van der Waals surface area contributed by atoms with Crippen LogP contribution in [0.15, 0.2) is 29.4 Å². The van der Waals surface area contributed by atoms with E-state index in [1.165, 1.54) is 36.2 Å². The molecule has 180 valence electrons. The minimum atomic E-state index is -2.38. The fourth-order valence-corrected chi connectivity index (χ4v) is 3.03. The van der Waals surface area contributed by atoms with Gasteiger partial charge in [-0.1, -0.05) is 0 Å². The van der Waals surface area contributed by atoms with E-state index in [9.17, 15) is 36.3 Å². The zero-order valence-electron chi connectivity index (χ0n) is 18.1. The molecule has 0 saturated carbocycles. The highest BCUT2D eigenvalue weighted by Crippen LogP contribution is 2.29. The maximum Gasteiger partial charge on any atom is 0.313 e. The molecule has 0 aliphatic carbocycles. The highest BCUT2D eigenvalue weighted by Gasteiger charge is 2.31. The van der Waals surface area contributed by atoms with Crippen LogP contribution in [0.4, 0.5) is 27.6 Å². The standard InChI is InChI=1S/C22H18F5N3O4/c1-9(8-14(31)34-20-18(26)16(24)15(23)17(25)19(20)27)28-21(32)12-4-6-13(7-5-12)30-22(33)10(2)11(3)29-30/h4-7,9-10H,8H2,1-3H3,(H,28,32)/t9-,10?/m0/s1. The van der Waals surface area contributed by atoms with Crippen LogP contribution >= 0.6 is 0 Å². The van der Waals surface area contributed by atoms with Gasteiger partial charge >= 0.3 is 5.97 Å². The number of hydrogen-bond donors (Lipinski definition) is 1. The van der Waals surface area contributed by atoms with Crippen LogP contribution in [-0.2, 0) is 9.59 Å². The lowest BCUT2D eigenvalue weighted by molar-refractivity contribution is -0.135. The highest BCUT2D eigenvalue weighted by molar-refractivity contribution is 6.14. The number of nitrogens with zero attached hydrogens (tertiary/aromatic N) is 2. The van der Waals surface area contributed by atoms with Crippen LogP contribution in [0.5, 0.6) is 5.75 Å². The second-order valence-electron chi connectivity index (χ2n) is 7.61. The van der Waals surface area contributed by atoms with Crippen molar-refractivity contribution in [3.63, 3.8) is 0 Å². The molecule has 1 unspecified atom stereocenters. The largest absolute Gasteiger partial charge is 0.420 e. The van der Waals surface area contributed by atoms with Crippen molar-refractivity contribution in [3.8, 4) is 5.75 Å². The van der Waals surface area contributed by atoms with E-state index < -0.39 is 59.2 Å². The smallest absolute Gasteiger partial charge is 0.313 e. The third kappa shape index (κ3) is 4.75. The summed E-state index contributed by atoms with van der Waals surface area (Å²) in [5, 5.41) is 7.83. The van der Waals surface area contributed by atoms with E-state index in [1.807, 2.05) is 0 Å². The molecular weight excluding hydrogens is 465 g/mol. The van der Waals surface area contributed by atoms with Gasteiger partial charge in [0.15, 0.2) is 0 Å². The fourth-order valence-electron chi connectivity index (χ4n) is 3.03. The molecule has 2 aromatic rings. The van der Waals surface area contributed by atoms with Gasteiger partial charge in [0.25, 0.3) is 11.8 Å². The molecule has 1 N–H and O–H groups in total. The second kappa shape index (κ2) is 9.57. The Hall–Kier alpha value is -3.83. The van der Waals surface area contributed by atoms with Gasteiger partial charge in [0.2, 0.25) is 34.8 Å². The van der Waals surface area contributed by atoms with Gasteiger partial charge in [-0.05, 0) is 45.0 Å². The van der Waals surface area contributed by atoms with Gasteiger partial charge < -0.3 is 10.1 Å². The molecule has 0 spiro atoms. The number of anilines is 1. The number of hydrogen-bond acceptors (Lipinski definition) is 5. The number of hydrazone groups is 1. The Morgan fingerprint density at radius 2 is 1.56 bits per heavy atom. The Morgan fingerprint density at radius 3 is 2.06 bits per heavy atom. The van der Waals surface area contributed by atoms with Crippen LogP contribution in [0, 0.1) is 35.0 Å². The third-order valence-electron chi connectivity index (χ3n) is 5.07. The maximum atomic E-state index is 13.6. The van der Waals surface area contributed by atoms with Crippen LogP contribution in [0.3, 0.4) is 0 Å². The van der Waals surface area contributed by atoms with E-state index in [1.54, 1.807) is 13.8 Å². The summed E-state index contributed by atoms with van der Waals surface area (Å²) in [6, 6.07) is 4.93. The lowest BCUT2D eigenvalue weighted by Gasteiger charge is -2.15. The molecule has 1 aliphatic heterocycles. The molecule has 1 aliphatic rings. The number of halogens is 5. The quantitative estimate of drug-likeness (QED) is 0.222. The average Bonchev–Trinajstić information content (AvgIpc) is 3.06. The monoisotopic (exact) mass is 483 g/mol. The summed E-state index contributed by atoms with van der Waals surface area (Å²) in [5.41, 5.74) is 1.27. The number of rotatable bonds is 6. The molecule has 0 radical (unpaired) electrons. The molecule has 2 amide bonds. The summed E-state index contributed by atoms with van der Waals surface area (Å²) in [6.45, 7) is 4.82. The number of esters is 1. The summed E-state index contributed by atoms with van der Waals surface area (Å²) >= 11 is 0. The fraction of sp³-hybridized carbons (Fsp3) is 0.273. The molecule has 3 rings (SSSR count). The third-order valence-corrected chi connectivity index (χ3v) is 5.07. The Balaban J connectivity index is 1.61. The molecule has 0 saturated heterocycles. The van der Waals surface area contributed by atoms with Crippen molar-refractivity contribution in [2.45, 2.75) is 33.2 Å². The summed E-state index contributed by atoms with van der Waals surface area (Å²) in [6.07, 6.45) is -0.628. The number of carbonyl (C=O) groups is 3. The topological polar surface area (TPSA) is 88.1 Å². The van der Waals surface area contributed by atoms with E-state index in [-0.39, 0.29) is 17.4 Å². The van der Waals surface area contributed by atoms with E-state index in [2.05, 4.69) is 15.2 Å². The molecule has 34 heavy (non-hydrogen) atoms. The van der Waals surface area contributed by atoms with Crippen molar-refractivity contribution in [2.24, 2.45) is 11.0 Å². The highest BCUT2D eigenvalue weighted by atomic mass is 19.2. The van der Waals surface area contributed by atoms with Crippen LogP contribution in [0.1, 0.15) is 37.6 Å². The van der Waals surface area contributed by atoms with Gasteiger partial charge in [0.1, 0.15) is 0 Å². The van der Waals surface area contributed by atoms with Gasteiger partial charge in [-0.15, -0.1) is 0 Å². The first-order valence-electron chi connectivity index (χ1n) is 9.94. The van der Waals surface area contributed by atoms with Crippen molar-refractivity contribution in [3.05, 3.63) is 58.9 Å². The number of benzene rings is 2. The molecule has 0 aromatic heterocycles. The van der Waals surface area contributed by atoms with E-state index in [4.69, 9.17) is 0 Å². The van der Waals surface area contributed by atoms with E-state index >= 15 is 0 Å². The van der Waals surface area contributed by atoms with E-state index in [0.717, 1.165) is 0 Å². The van der Waals surface area contributed by atoms with Crippen LogP contribution in [-0.4, -0.2) is 29.5 Å². The lowest BCUT2D eigenvalue weighted by atomic mass is 10.1. The van der Waals surface area contributed by atoms with Crippen LogP contribution in [0.25, 0.3) is 0 Å². The summed E-state index contributed by atoms with van der Waals surface area (Å²) in [7, 11) is 0. The predicted molar refractivity (Wildman–Crippen MR) is 110 cm³/mol. The molecule has 7 nitrogen and oxygen atoms in total. The van der Waals surface area contributed by atoms with Crippen LogP contribution in [0.2, 0.25) is 0 Å².